The number of carbonyl (C=O) groups excluding carboxylic acids is 1. The molecule has 0 aliphatic carbocycles. The molecule has 2 amide bonds. The van der Waals surface area contributed by atoms with E-state index < -0.39 is 18.6 Å². The normalized spacial score (nSPS) is 12.8. The van der Waals surface area contributed by atoms with Gasteiger partial charge >= 0.3 is 12.4 Å². The average Bonchev–Trinajstić information content (AvgIpc) is 3.66. The summed E-state index contributed by atoms with van der Waals surface area (Å²) in [5.41, 5.74) is 4.23. The van der Waals surface area contributed by atoms with Crippen molar-refractivity contribution in [3.63, 3.8) is 0 Å². The standard InChI is InChI=1S/C32H30F4N6O3S/c1-19(2)26-15-25(44-4)13-14-28(26)42-20(3)17-46-31(42)39-30(43)37-16-27(33)21-5-7-22(8-6-21)29-38-18-41(40-29)23-9-11-24(12-10-23)45-32(34,35)36/h5-15,17-19,27H,16H2,1-4H3,(H,37,43). The minimum absolute atomic E-state index is 0.186. The Balaban J connectivity index is 1.23. The summed E-state index contributed by atoms with van der Waals surface area (Å²) in [4.78, 5) is 21.7. The molecule has 3 aromatic carbocycles. The van der Waals surface area contributed by atoms with Gasteiger partial charge in [-0.05, 0) is 66.4 Å². The van der Waals surface area contributed by atoms with E-state index in [0.717, 1.165) is 22.7 Å². The van der Waals surface area contributed by atoms with Crippen LogP contribution in [0.2, 0.25) is 0 Å². The van der Waals surface area contributed by atoms with Crippen LogP contribution >= 0.6 is 11.3 Å². The van der Waals surface area contributed by atoms with Gasteiger partial charge in [0.05, 0.1) is 25.0 Å². The number of aromatic nitrogens is 4. The molecule has 0 aliphatic rings. The maximum Gasteiger partial charge on any atom is 0.573 e. The Morgan fingerprint density at radius 3 is 2.39 bits per heavy atom. The first-order chi connectivity index (χ1) is 21.9. The second-order valence-corrected chi connectivity index (χ2v) is 11.4. The molecule has 0 radical (unpaired) electrons. The van der Waals surface area contributed by atoms with Crippen molar-refractivity contribution in [2.75, 3.05) is 13.7 Å². The lowest BCUT2D eigenvalue weighted by Crippen LogP contribution is -2.27. The Bertz CT molecular complexity index is 1880. The molecule has 0 bridgehead atoms. The van der Waals surface area contributed by atoms with Crippen LogP contribution in [0.3, 0.4) is 0 Å². The number of nitrogens with zero attached hydrogens (tertiary/aromatic N) is 5. The van der Waals surface area contributed by atoms with E-state index in [-0.39, 0.29) is 18.2 Å². The van der Waals surface area contributed by atoms with E-state index in [4.69, 9.17) is 4.74 Å². The molecule has 9 nitrogen and oxygen atoms in total. The van der Waals surface area contributed by atoms with Gasteiger partial charge in [-0.1, -0.05) is 38.1 Å². The number of urea groups is 1. The lowest BCUT2D eigenvalue weighted by molar-refractivity contribution is -0.274. The van der Waals surface area contributed by atoms with Crippen LogP contribution in [0.15, 0.2) is 83.4 Å². The molecule has 0 fully saturated rings. The summed E-state index contributed by atoms with van der Waals surface area (Å²) >= 11 is 1.31. The highest BCUT2D eigenvalue weighted by molar-refractivity contribution is 7.07. The van der Waals surface area contributed by atoms with E-state index in [1.54, 1.807) is 31.4 Å². The van der Waals surface area contributed by atoms with Crippen molar-refractivity contribution in [3.05, 3.63) is 100 Å². The minimum Gasteiger partial charge on any atom is -0.497 e. The van der Waals surface area contributed by atoms with Crippen molar-refractivity contribution in [3.8, 4) is 34.3 Å². The van der Waals surface area contributed by atoms with Crippen molar-refractivity contribution in [2.45, 2.75) is 39.2 Å². The van der Waals surface area contributed by atoms with Gasteiger partial charge in [0.2, 0.25) is 0 Å². The van der Waals surface area contributed by atoms with Gasteiger partial charge in [0.25, 0.3) is 0 Å². The number of hydrogen-bond donors (Lipinski definition) is 1. The molecule has 2 aromatic heterocycles. The quantitative estimate of drug-likeness (QED) is 0.167. The molecule has 0 spiro atoms. The van der Waals surface area contributed by atoms with E-state index in [9.17, 15) is 18.0 Å². The predicted octanol–water partition coefficient (Wildman–Crippen LogP) is 7.45. The zero-order chi connectivity index (χ0) is 33.0. The van der Waals surface area contributed by atoms with Crippen LogP contribution in [-0.2, 0) is 0 Å². The lowest BCUT2D eigenvalue weighted by atomic mass is 10.0. The number of halogens is 4. The Labute approximate surface area is 265 Å². The van der Waals surface area contributed by atoms with Gasteiger partial charge in [-0.25, -0.2) is 18.9 Å². The molecular formula is C32H30F4N6O3S. The fourth-order valence-electron chi connectivity index (χ4n) is 4.67. The molecule has 5 aromatic rings. The van der Waals surface area contributed by atoms with Gasteiger partial charge in [-0.3, -0.25) is 4.57 Å². The molecule has 1 unspecified atom stereocenters. The number of rotatable bonds is 9. The molecule has 46 heavy (non-hydrogen) atoms. The van der Waals surface area contributed by atoms with Crippen LogP contribution in [0.25, 0.3) is 22.8 Å². The van der Waals surface area contributed by atoms with E-state index in [2.05, 4.69) is 39.0 Å². The van der Waals surface area contributed by atoms with E-state index in [1.165, 1.54) is 46.6 Å². The number of ether oxygens (including phenoxy) is 2. The predicted molar refractivity (Wildman–Crippen MR) is 165 cm³/mol. The molecular weight excluding hydrogens is 624 g/mol. The van der Waals surface area contributed by atoms with Crippen LogP contribution in [0.5, 0.6) is 11.5 Å². The molecule has 1 atom stereocenters. The first-order valence-electron chi connectivity index (χ1n) is 14.1. The lowest BCUT2D eigenvalue weighted by Gasteiger charge is -2.16. The Morgan fingerprint density at radius 2 is 1.74 bits per heavy atom. The number of alkyl halides is 4. The van der Waals surface area contributed by atoms with Gasteiger partial charge in [0.1, 0.15) is 24.0 Å². The third-order valence-electron chi connectivity index (χ3n) is 6.96. The monoisotopic (exact) mass is 654 g/mol. The fraction of sp³-hybridized carbons (Fsp3) is 0.250. The van der Waals surface area contributed by atoms with Gasteiger partial charge in [0, 0.05) is 16.6 Å². The molecule has 0 saturated carbocycles. The maximum atomic E-state index is 15.1. The molecule has 1 N–H and O–H groups in total. The number of hydrogen-bond acceptors (Lipinski definition) is 6. The SMILES string of the molecule is COc1ccc(-n2c(C)csc2=NC(=O)NCC(F)c2ccc(-c3ncn(-c4ccc(OC(F)(F)F)cc4)n3)cc2)c(C(C)C)c1. The molecule has 0 aliphatic heterocycles. The Morgan fingerprint density at radius 1 is 1.04 bits per heavy atom. The second-order valence-electron chi connectivity index (χ2n) is 10.5. The highest BCUT2D eigenvalue weighted by atomic mass is 32.1. The van der Waals surface area contributed by atoms with Gasteiger partial charge < -0.3 is 14.8 Å². The smallest absolute Gasteiger partial charge is 0.497 e. The molecule has 5 rings (SSSR count). The van der Waals surface area contributed by atoms with Gasteiger partial charge in [-0.2, -0.15) is 4.99 Å². The minimum atomic E-state index is -4.78. The van der Waals surface area contributed by atoms with Crippen molar-refractivity contribution >= 4 is 17.4 Å². The zero-order valence-corrected chi connectivity index (χ0v) is 26.1. The average molecular weight is 655 g/mol. The maximum absolute atomic E-state index is 15.1. The van der Waals surface area contributed by atoms with Gasteiger partial charge in [0.15, 0.2) is 10.6 Å². The summed E-state index contributed by atoms with van der Waals surface area (Å²) in [6.45, 7) is 5.79. The number of thiazole rings is 1. The van der Waals surface area contributed by atoms with Crippen molar-refractivity contribution in [1.29, 1.82) is 0 Å². The third-order valence-corrected chi connectivity index (χ3v) is 7.91. The molecule has 14 heteroatoms. The largest absolute Gasteiger partial charge is 0.573 e. The van der Waals surface area contributed by atoms with Crippen LogP contribution in [0.4, 0.5) is 22.4 Å². The first-order valence-corrected chi connectivity index (χ1v) is 15.0. The summed E-state index contributed by atoms with van der Waals surface area (Å²) in [7, 11) is 1.61. The second kappa shape index (κ2) is 13.6. The van der Waals surface area contributed by atoms with Crippen LogP contribution in [0.1, 0.15) is 42.8 Å². The van der Waals surface area contributed by atoms with Crippen molar-refractivity contribution < 1.29 is 31.8 Å². The van der Waals surface area contributed by atoms with Gasteiger partial charge in [-0.15, -0.1) is 29.6 Å². The Kier molecular flexibility index (Phi) is 9.56. The van der Waals surface area contributed by atoms with E-state index in [0.29, 0.717) is 27.4 Å². The Hall–Kier alpha value is -4.98. The number of benzene rings is 3. The summed E-state index contributed by atoms with van der Waals surface area (Å²) in [6.07, 6.45) is -4.87. The highest BCUT2D eigenvalue weighted by Crippen LogP contribution is 2.28. The summed E-state index contributed by atoms with van der Waals surface area (Å²) in [5, 5.41) is 8.81. The molecule has 2 heterocycles. The summed E-state index contributed by atoms with van der Waals surface area (Å²) in [5.74, 6) is 0.905. The number of aryl methyl sites for hydroxylation is 1. The third kappa shape index (κ3) is 7.62. The topological polar surface area (TPSA) is 95.6 Å². The van der Waals surface area contributed by atoms with Crippen LogP contribution in [-0.4, -0.2) is 45.4 Å². The van der Waals surface area contributed by atoms with E-state index in [1.807, 2.05) is 35.1 Å². The number of nitrogens with one attached hydrogen (secondary N) is 1. The zero-order valence-electron chi connectivity index (χ0n) is 25.2. The van der Waals surface area contributed by atoms with Crippen molar-refractivity contribution in [1.82, 2.24) is 24.6 Å². The molecule has 0 saturated heterocycles. The fourth-order valence-corrected chi connectivity index (χ4v) is 5.54. The number of amides is 2. The summed E-state index contributed by atoms with van der Waals surface area (Å²) in [6, 6.07) is 16.7. The molecule has 240 valence electrons. The van der Waals surface area contributed by atoms with Crippen LogP contribution in [0, 0.1) is 6.92 Å². The highest BCUT2D eigenvalue weighted by Gasteiger charge is 2.31. The number of carbonyl (C=O) groups is 1. The van der Waals surface area contributed by atoms with Crippen LogP contribution < -0.4 is 19.6 Å². The first kappa shape index (κ1) is 32.4. The van der Waals surface area contributed by atoms with E-state index >= 15 is 4.39 Å². The number of methoxy groups -OCH3 is 1. The summed E-state index contributed by atoms with van der Waals surface area (Å²) < 4.78 is 64.9. The van der Waals surface area contributed by atoms with Crippen molar-refractivity contribution in [2.24, 2.45) is 4.99 Å².